The number of allylic oxidation sites excluding steroid dienone is 2. The lowest BCUT2D eigenvalue weighted by molar-refractivity contribution is -0.138. The number of rotatable bonds is 6. The molecule has 2 N–H and O–H groups in total. The summed E-state index contributed by atoms with van der Waals surface area (Å²) in [5.41, 5.74) is 3.41. The summed E-state index contributed by atoms with van der Waals surface area (Å²) in [6, 6.07) is 3.57. The van der Waals surface area contributed by atoms with Gasteiger partial charge in [0.1, 0.15) is 18.1 Å². The van der Waals surface area contributed by atoms with Crippen LogP contribution < -0.4 is 0 Å². The van der Waals surface area contributed by atoms with Gasteiger partial charge in [-0.15, -0.1) is 0 Å². The van der Waals surface area contributed by atoms with E-state index in [4.69, 9.17) is 9.07 Å². The van der Waals surface area contributed by atoms with Crippen molar-refractivity contribution in [2.24, 2.45) is 23.7 Å². The predicted molar refractivity (Wildman–Crippen MR) is 120 cm³/mol. The number of hydrogen-bond donors (Lipinski definition) is 2. The zero-order valence-corrected chi connectivity index (χ0v) is 19.2. The van der Waals surface area contributed by atoms with E-state index >= 15 is 0 Å². The largest absolute Gasteiger partial charge is 0.459 e. The topological polar surface area (TPSA) is 100 Å². The Morgan fingerprint density at radius 3 is 2.69 bits per heavy atom. The Morgan fingerprint density at radius 2 is 2.03 bits per heavy atom. The third kappa shape index (κ3) is 4.11. The number of aliphatic hydroxyl groups excluding tert-OH is 1. The molecule has 1 aromatic rings. The predicted octanol–water partition coefficient (Wildman–Crippen LogP) is 3.04. The number of likely N-dealkylation sites (tertiary alicyclic amines) is 1. The highest BCUT2D eigenvalue weighted by Gasteiger charge is 2.56. The Hall–Kier alpha value is -2.16. The first kappa shape index (κ1) is 23.0. The molecule has 4 rings (SSSR count). The van der Waals surface area contributed by atoms with Gasteiger partial charge in [-0.25, -0.2) is 0 Å². The third-order valence-electron chi connectivity index (χ3n) is 7.19. The number of imide groups is 1. The summed E-state index contributed by atoms with van der Waals surface area (Å²) in [7, 11) is 0.617. The Morgan fingerprint density at radius 1 is 1.28 bits per heavy atom. The van der Waals surface area contributed by atoms with E-state index < -0.39 is 13.0 Å². The lowest BCUT2D eigenvalue weighted by Crippen LogP contribution is -2.46. The molecule has 172 valence electrons. The van der Waals surface area contributed by atoms with Gasteiger partial charge < -0.3 is 19.2 Å². The molecule has 0 bridgehead atoms. The highest BCUT2D eigenvalue weighted by molar-refractivity contribution is 6.43. The zero-order chi connectivity index (χ0) is 23.2. The maximum absolute atomic E-state index is 12.9. The second kappa shape index (κ2) is 9.00. The minimum Gasteiger partial charge on any atom is -0.459 e. The molecule has 7 nitrogen and oxygen atoms in total. The molecule has 1 aromatic heterocycles. The van der Waals surface area contributed by atoms with Crippen LogP contribution in [0.2, 0.25) is 6.32 Å². The van der Waals surface area contributed by atoms with Crippen molar-refractivity contribution in [1.29, 1.82) is 0 Å². The molecule has 0 unspecified atom stereocenters. The molecule has 4 atom stereocenters. The van der Waals surface area contributed by atoms with Crippen LogP contribution in [0, 0.1) is 23.7 Å². The van der Waals surface area contributed by atoms with Crippen molar-refractivity contribution in [3.05, 3.63) is 40.4 Å². The fourth-order valence-electron chi connectivity index (χ4n) is 5.64. The first-order valence-electron chi connectivity index (χ1n) is 11.5. The third-order valence-corrected chi connectivity index (χ3v) is 7.19. The van der Waals surface area contributed by atoms with Gasteiger partial charge in [-0.3, -0.25) is 14.5 Å². The monoisotopic (exact) mass is 441 g/mol. The number of carbonyl (C=O) groups is 2. The van der Waals surface area contributed by atoms with Gasteiger partial charge in [0.05, 0.1) is 17.9 Å². The lowest BCUT2D eigenvalue weighted by Gasteiger charge is -2.44. The Kier molecular flexibility index (Phi) is 6.48. The molecular weight excluding hydrogens is 409 g/mol. The summed E-state index contributed by atoms with van der Waals surface area (Å²) >= 11 is 0. The number of fused-ring (bicyclic) bond motifs is 3. The molecule has 0 aromatic carbocycles. The van der Waals surface area contributed by atoms with Gasteiger partial charge in [0, 0.05) is 7.05 Å². The number of furan rings is 1. The molecule has 2 saturated heterocycles. The fourth-order valence-corrected chi connectivity index (χ4v) is 5.64. The van der Waals surface area contributed by atoms with Crippen LogP contribution in [0.4, 0.5) is 0 Å². The maximum atomic E-state index is 12.9. The van der Waals surface area contributed by atoms with Crippen molar-refractivity contribution >= 4 is 25.0 Å². The van der Waals surface area contributed by atoms with Crippen molar-refractivity contribution in [3.8, 4) is 0 Å². The first-order valence-corrected chi connectivity index (χ1v) is 11.5. The van der Waals surface area contributed by atoms with E-state index in [-0.39, 0.29) is 42.3 Å². The highest BCUT2D eigenvalue weighted by atomic mass is 16.5. The van der Waals surface area contributed by atoms with E-state index in [1.165, 1.54) is 10.5 Å². The SMILES string of the molecule is C/C(=C\c1ccc(CO)o1)CC[C@H]1OB(O)C[C@H]2C1=C(C(C)C)C[C@H]1C(=O)N(C)C(=O)[C@H]12. The van der Waals surface area contributed by atoms with Crippen LogP contribution in [0.15, 0.2) is 33.3 Å². The van der Waals surface area contributed by atoms with Gasteiger partial charge in [-0.05, 0) is 68.1 Å². The van der Waals surface area contributed by atoms with Crippen LogP contribution in [0.1, 0.15) is 51.6 Å². The van der Waals surface area contributed by atoms with Crippen molar-refractivity contribution in [2.75, 3.05) is 7.05 Å². The summed E-state index contributed by atoms with van der Waals surface area (Å²) < 4.78 is 11.5. The highest BCUT2D eigenvalue weighted by Crippen LogP contribution is 2.51. The molecular formula is C24H32BNO6. The standard InChI is InChI=1S/C24H32BNO6/c1-13(2)17-10-18-22(24(29)26(4)23(18)28)19-11-25(30)32-20(21(17)19)8-5-14(3)9-15-6-7-16(12-27)31-15/h6-7,9,13,18-20,22,27,30H,5,8,10-12H2,1-4H3/b14-9+/t18-,19+,20-,22-/m1/s1. The molecule has 0 radical (unpaired) electrons. The molecule has 0 spiro atoms. The number of carbonyl (C=O) groups excluding carboxylic acids is 2. The normalized spacial score (nSPS) is 28.7. The summed E-state index contributed by atoms with van der Waals surface area (Å²) in [5.74, 6) is 0.321. The Balaban J connectivity index is 1.59. The molecule has 2 amide bonds. The number of aliphatic hydroxyl groups is 1. The molecule has 1 aliphatic carbocycles. The molecule has 3 aliphatic rings. The van der Waals surface area contributed by atoms with Crippen LogP contribution in [0.3, 0.4) is 0 Å². The van der Waals surface area contributed by atoms with Crippen LogP contribution in [0.5, 0.6) is 0 Å². The summed E-state index contributed by atoms with van der Waals surface area (Å²) in [6.07, 6.45) is 3.99. The number of nitrogens with zero attached hydrogens (tertiary/aromatic N) is 1. The number of hydrogen-bond acceptors (Lipinski definition) is 6. The van der Waals surface area contributed by atoms with Crippen molar-refractivity contribution < 1.29 is 28.8 Å². The van der Waals surface area contributed by atoms with Gasteiger partial charge in [-0.2, -0.15) is 0 Å². The summed E-state index contributed by atoms with van der Waals surface area (Å²) in [5, 5.41) is 19.7. The fraction of sp³-hybridized carbons (Fsp3) is 0.583. The molecule has 2 aliphatic heterocycles. The van der Waals surface area contributed by atoms with E-state index in [1.807, 2.05) is 19.1 Å². The number of amides is 2. The second-order valence-electron chi connectivity index (χ2n) is 9.62. The molecule has 3 heterocycles. The first-order chi connectivity index (χ1) is 15.2. The minimum atomic E-state index is -0.948. The van der Waals surface area contributed by atoms with Crippen LogP contribution in [-0.2, 0) is 20.9 Å². The van der Waals surface area contributed by atoms with E-state index in [2.05, 4.69) is 13.8 Å². The molecule has 2 fully saturated rings. The van der Waals surface area contributed by atoms with E-state index in [0.29, 0.717) is 30.7 Å². The van der Waals surface area contributed by atoms with E-state index in [1.54, 1.807) is 13.1 Å². The van der Waals surface area contributed by atoms with Crippen molar-refractivity contribution in [2.45, 2.75) is 59.1 Å². The maximum Gasteiger partial charge on any atom is 0.455 e. The quantitative estimate of drug-likeness (QED) is 0.400. The zero-order valence-electron chi connectivity index (χ0n) is 19.2. The van der Waals surface area contributed by atoms with Gasteiger partial charge in [0.2, 0.25) is 11.8 Å². The van der Waals surface area contributed by atoms with E-state index in [9.17, 15) is 19.7 Å². The second-order valence-corrected chi connectivity index (χ2v) is 9.62. The van der Waals surface area contributed by atoms with Gasteiger partial charge in [0.25, 0.3) is 0 Å². The van der Waals surface area contributed by atoms with Crippen molar-refractivity contribution in [3.63, 3.8) is 0 Å². The van der Waals surface area contributed by atoms with Crippen LogP contribution in [0.25, 0.3) is 6.08 Å². The Bertz CT molecular complexity index is 963. The smallest absolute Gasteiger partial charge is 0.455 e. The van der Waals surface area contributed by atoms with Gasteiger partial charge in [-0.1, -0.05) is 25.0 Å². The molecule has 0 saturated carbocycles. The minimum absolute atomic E-state index is 0.103. The van der Waals surface area contributed by atoms with Crippen LogP contribution in [-0.4, -0.2) is 47.1 Å². The average Bonchev–Trinajstić information content (AvgIpc) is 3.29. The summed E-state index contributed by atoms with van der Waals surface area (Å²) in [6.45, 7) is 6.12. The van der Waals surface area contributed by atoms with Crippen LogP contribution >= 0.6 is 0 Å². The lowest BCUT2D eigenvalue weighted by atomic mass is 9.57. The average molecular weight is 441 g/mol. The Labute approximate surface area is 189 Å². The molecule has 8 heteroatoms. The molecule has 32 heavy (non-hydrogen) atoms. The van der Waals surface area contributed by atoms with Crippen molar-refractivity contribution in [1.82, 2.24) is 4.90 Å². The summed E-state index contributed by atoms with van der Waals surface area (Å²) in [4.78, 5) is 26.9. The van der Waals surface area contributed by atoms with Gasteiger partial charge >= 0.3 is 7.12 Å². The van der Waals surface area contributed by atoms with E-state index in [0.717, 1.165) is 17.6 Å². The van der Waals surface area contributed by atoms with Gasteiger partial charge in [0.15, 0.2) is 0 Å².